The molecule has 0 unspecified atom stereocenters. The summed E-state index contributed by atoms with van der Waals surface area (Å²) >= 11 is 0. The normalized spacial score (nSPS) is 11.7. The van der Waals surface area contributed by atoms with E-state index in [-0.39, 0.29) is 5.91 Å². The van der Waals surface area contributed by atoms with Crippen LogP contribution in [0.1, 0.15) is 145 Å². The van der Waals surface area contributed by atoms with Crippen LogP contribution in [0.5, 0.6) is 0 Å². The first-order valence-corrected chi connectivity index (χ1v) is 16.8. The minimum absolute atomic E-state index is 0.0325. The van der Waals surface area contributed by atoms with Gasteiger partial charge in [-0.2, -0.15) is 0 Å². The maximum absolute atomic E-state index is 12.4. The smallest absolute Gasteiger partial charge is 0.253 e. The Balaban J connectivity index is 1.57. The quantitative estimate of drug-likeness (QED) is 0.121. The molecule has 0 N–H and O–H groups in total. The van der Waals surface area contributed by atoms with E-state index in [1.807, 2.05) is 12.1 Å². The summed E-state index contributed by atoms with van der Waals surface area (Å²) in [5.41, 5.74) is 2.80. The van der Waals surface area contributed by atoms with Crippen LogP contribution in [0.3, 0.4) is 0 Å². The lowest BCUT2D eigenvalue weighted by Gasteiger charge is -2.14. The molecule has 0 spiro atoms. The molecule has 1 amide bonds. The fourth-order valence-electron chi connectivity index (χ4n) is 5.67. The summed E-state index contributed by atoms with van der Waals surface area (Å²) in [6, 6.07) is 5.98. The van der Waals surface area contributed by atoms with Gasteiger partial charge in [0, 0.05) is 39.2 Å². The predicted molar refractivity (Wildman–Crippen MR) is 173 cm³/mol. The first kappa shape index (κ1) is 34.3. The van der Waals surface area contributed by atoms with Gasteiger partial charge in [-0.1, -0.05) is 122 Å². The summed E-state index contributed by atoms with van der Waals surface area (Å²) in [6.07, 6.45) is 27.7. The molecule has 0 aliphatic heterocycles. The number of rotatable bonds is 24. The Morgan fingerprint density at radius 1 is 0.700 bits per heavy atom. The number of hydrogen-bond acceptors (Lipinski definition) is 3. The number of nitrogens with zero attached hydrogens (tertiary/aromatic N) is 4. The number of benzene rings is 1. The van der Waals surface area contributed by atoms with Gasteiger partial charge in [0.15, 0.2) is 0 Å². The number of imidazole rings is 1. The van der Waals surface area contributed by atoms with Crippen molar-refractivity contribution in [1.82, 2.24) is 19.4 Å². The molecule has 0 saturated heterocycles. The number of unbranched alkanes of at least 4 members (excludes halogenated alkanes) is 18. The molecule has 5 nitrogen and oxygen atoms in total. The topological polar surface area (TPSA) is 41.4 Å². The maximum atomic E-state index is 12.4. The van der Waals surface area contributed by atoms with Crippen molar-refractivity contribution >= 4 is 16.9 Å². The highest BCUT2D eigenvalue weighted by Gasteiger charge is 2.14. The predicted octanol–water partition coefficient (Wildman–Crippen LogP) is 9.27. The van der Waals surface area contributed by atoms with E-state index in [1.165, 1.54) is 128 Å². The lowest BCUT2D eigenvalue weighted by atomic mass is 10.0. The van der Waals surface area contributed by atoms with E-state index in [0.717, 1.165) is 30.5 Å². The third-order valence-electron chi connectivity index (χ3n) is 8.26. The van der Waals surface area contributed by atoms with Crippen LogP contribution >= 0.6 is 0 Å². The van der Waals surface area contributed by atoms with E-state index in [2.05, 4.69) is 36.6 Å². The highest BCUT2D eigenvalue weighted by atomic mass is 16.2. The molecule has 1 aromatic carbocycles. The second-order valence-corrected chi connectivity index (χ2v) is 12.5. The van der Waals surface area contributed by atoms with Gasteiger partial charge in [-0.15, -0.1) is 0 Å². The van der Waals surface area contributed by atoms with Gasteiger partial charge < -0.3 is 14.4 Å². The first-order chi connectivity index (χ1) is 19.4. The van der Waals surface area contributed by atoms with E-state index < -0.39 is 0 Å². The fourth-order valence-corrected chi connectivity index (χ4v) is 5.67. The van der Waals surface area contributed by atoms with E-state index in [1.54, 1.807) is 19.0 Å². The summed E-state index contributed by atoms with van der Waals surface area (Å²) in [7, 11) is 7.83. The second kappa shape index (κ2) is 20.9. The SMILES string of the molecule is CCCCCCCCCCCCCCCCCCCCCc1nc2cc(C(=O)N(C)C)ccc2n1CCN(C)C. The average Bonchev–Trinajstić information content (AvgIpc) is 3.28. The number of carbonyl (C=O) groups excluding carboxylic acids is 1. The van der Waals surface area contributed by atoms with E-state index in [0.29, 0.717) is 5.56 Å². The molecular formula is C35H62N4O. The summed E-state index contributed by atoms with van der Waals surface area (Å²) in [4.78, 5) is 21.3. The van der Waals surface area contributed by atoms with Crippen molar-refractivity contribution in [3.63, 3.8) is 0 Å². The fraction of sp³-hybridized carbons (Fsp3) is 0.771. The van der Waals surface area contributed by atoms with Crippen molar-refractivity contribution in [3.05, 3.63) is 29.6 Å². The molecule has 1 aromatic heterocycles. The molecule has 0 atom stereocenters. The summed E-state index contributed by atoms with van der Waals surface area (Å²) in [5, 5.41) is 0. The number of carbonyl (C=O) groups is 1. The van der Waals surface area contributed by atoms with Crippen LogP contribution in [0.25, 0.3) is 11.0 Å². The highest BCUT2D eigenvalue weighted by Crippen LogP contribution is 2.21. The highest BCUT2D eigenvalue weighted by molar-refractivity contribution is 5.97. The number of hydrogen-bond donors (Lipinski definition) is 0. The molecule has 0 fully saturated rings. The molecule has 228 valence electrons. The van der Waals surface area contributed by atoms with Crippen molar-refractivity contribution in [2.24, 2.45) is 0 Å². The van der Waals surface area contributed by atoms with Crippen LogP contribution in [0.4, 0.5) is 0 Å². The zero-order valence-electron chi connectivity index (χ0n) is 27.0. The van der Waals surface area contributed by atoms with Crippen molar-refractivity contribution in [3.8, 4) is 0 Å². The van der Waals surface area contributed by atoms with Gasteiger partial charge in [0.05, 0.1) is 11.0 Å². The maximum Gasteiger partial charge on any atom is 0.253 e. The molecular weight excluding hydrogens is 492 g/mol. The van der Waals surface area contributed by atoms with Gasteiger partial charge in [0.2, 0.25) is 0 Å². The largest absolute Gasteiger partial charge is 0.345 e. The lowest BCUT2D eigenvalue weighted by Crippen LogP contribution is -2.21. The minimum atomic E-state index is 0.0325. The summed E-state index contributed by atoms with van der Waals surface area (Å²) in [6.45, 7) is 4.21. The molecule has 2 rings (SSSR count). The van der Waals surface area contributed by atoms with E-state index >= 15 is 0 Å². The third-order valence-corrected chi connectivity index (χ3v) is 8.26. The standard InChI is InChI=1S/C35H62N4O/c1-6-7-8-9-10-11-12-13-14-15-16-17-18-19-20-21-22-23-24-25-34-36-32-30-31(35(40)38(4)5)26-27-33(32)39(34)29-28-37(2)3/h26-27,30H,6-25,28-29H2,1-5H3. The van der Waals surface area contributed by atoms with Crippen LogP contribution < -0.4 is 0 Å². The Hall–Kier alpha value is -1.88. The van der Waals surface area contributed by atoms with Crippen molar-refractivity contribution in [2.45, 2.75) is 142 Å². The van der Waals surface area contributed by atoms with Gasteiger partial charge in [-0.05, 0) is 38.7 Å². The molecule has 40 heavy (non-hydrogen) atoms. The minimum Gasteiger partial charge on any atom is -0.345 e. The van der Waals surface area contributed by atoms with Gasteiger partial charge in [-0.3, -0.25) is 4.79 Å². The first-order valence-electron chi connectivity index (χ1n) is 16.8. The molecule has 0 aliphatic rings. The Kier molecular flexibility index (Phi) is 17.9. The Bertz CT molecular complexity index is 933. The van der Waals surface area contributed by atoms with Crippen LogP contribution in [0, 0.1) is 0 Å². The Labute approximate surface area is 247 Å². The number of fused-ring (bicyclic) bond motifs is 1. The molecule has 5 heteroatoms. The number of amides is 1. The van der Waals surface area contributed by atoms with Gasteiger partial charge in [0.1, 0.15) is 5.82 Å². The molecule has 2 aromatic rings. The van der Waals surface area contributed by atoms with E-state index in [9.17, 15) is 4.79 Å². The van der Waals surface area contributed by atoms with Crippen molar-refractivity contribution < 1.29 is 4.79 Å². The monoisotopic (exact) mass is 554 g/mol. The zero-order chi connectivity index (χ0) is 29.0. The average molecular weight is 555 g/mol. The molecule has 1 heterocycles. The van der Waals surface area contributed by atoms with Gasteiger partial charge in [-0.25, -0.2) is 4.98 Å². The van der Waals surface area contributed by atoms with E-state index in [4.69, 9.17) is 4.98 Å². The van der Waals surface area contributed by atoms with Crippen LogP contribution in [-0.4, -0.2) is 60.0 Å². The van der Waals surface area contributed by atoms with Crippen LogP contribution in [0.2, 0.25) is 0 Å². The Morgan fingerprint density at radius 3 is 1.62 bits per heavy atom. The Morgan fingerprint density at radius 2 is 1.18 bits per heavy atom. The number of aromatic nitrogens is 2. The summed E-state index contributed by atoms with van der Waals surface area (Å²) in [5.74, 6) is 1.20. The van der Waals surface area contributed by atoms with Crippen molar-refractivity contribution in [2.75, 3.05) is 34.7 Å². The second-order valence-electron chi connectivity index (χ2n) is 12.5. The lowest BCUT2D eigenvalue weighted by molar-refractivity contribution is 0.0827. The molecule has 0 saturated carbocycles. The zero-order valence-corrected chi connectivity index (χ0v) is 27.0. The number of likely N-dealkylation sites (N-methyl/N-ethyl adjacent to an activating group) is 1. The van der Waals surface area contributed by atoms with Crippen LogP contribution in [-0.2, 0) is 13.0 Å². The number of aryl methyl sites for hydroxylation is 1. The van der Waals surface area contributed by atoms with Gasteiger partial charge >= 0.3 is 0 Å². The van der Waals surface area contributed by atoms with Crippen LogP contribution in [0.15, 0.2) is 18.2 Å². The summed E-state index contributed by atoms with van der Waals surface area (Å²) < 4.78 is 2.37. The van der Waals surface area contributed by atoms with Gasteiger partial charge in [0.25, 0.3) is 5.91 Å². The van der Waals surface area contributed by atoms with Crippen molar-refractivity contribution in [1.29, 1.82) is 0 Å². The molecule has 0 aliphatic carbocycles. The third kappa shape index (κ3) is 13.7. The molecule has 0 radical (unpaired) electrons. The molecule has 0 bridgehead atoms.